The molecule has 5 N–H and O–H groups in total. The van der Waals surface area contributed by atoms with Crippen molar-refractivity contribution in [3.8, 4) is 0 Å². The summed E-state index contributed by atoms with van der Waals surface area (Å²) in [5.41, 5.74) is 5.06. The van der Waals surface area contributed by atoms with Crippen molar-refractivity contribution >= 4 is 46.7 Å². The summed E-state index contributed by atoms with van der Waals surface area (Å²) >= 11 is 11.6. The molecule has 0 fully saturated rings. The van der Waals surface area contributed by atoms with Gasteiger partial charge < -0.3 is 21.3 Å². The molecule has 1 aromatic carbocycles. The number of nitrogens with two attached hydrogens (primary N) is 1. The monoisotopic (exact) mass is 334 g/mol. The Morgan fingerprint density at radius 1 is 1.24 bits per heavy atom. The molecule has 114 valence electrons. The second-order valence-corrected chi connectivity index (χ2v) is 4.97. The topological polar surface area (TPSA) is 130 Å². The van der Waals surface area contributed by atoms with E-state index in [1.165, 1.54) is 6.07 Å². The van der Waals surface area contributed by atoms with E-state index in [0.717, 1.165) is 6.07 Å². The third kappa shape index (κ3) is 4.89. The minimum Gasteiger partial charge on any atom is -0.480 e. The number of carbonyl (C=O) groups excluding carboxylic acids is 1. The fraction of sp³-hybridized carbons (Fsp3) is 0.250. The highest BCUT2D eigenvalue weighted by atomic mass is 35.5. The van der Waals surface area contributed by atoms with Crippen LogP contribution in [0.15, 0.2) is 12.1 Å². The molecule has 1 rings (SSSR count). The molecule has 0 unspecified atom stereocenters. The summed E-state index contributed by atoms with van der Waals surface area (Å²) in [4.78, 5) is 33.2. The van der Waals surface area contributed by atoms with Crippen molar-refractivity contribution in [2.24, 2.45) is 5.73 Å². The number of halogens is 2. The second kappa shape index (κ2) is 7.26. The summed E-state index contributed by atoms with van der Waals surface area (Å²) in [6.45, 7) is 0. The molecule has 7 nitrogen and oxygen atoms in total. The van der Waals surface area contributed by atoms with Crippen molar-refractivity contribution in [2.75, 3.05) is 5.32 Å². The Balaban J connectivity index is 2.81. The van der Waals surface area contributed by atoms with Gasteiger partial charge in [0.1, 0.15) is 6.04 Å². The fourth-order valence-corrected chi connectivity index (χ4v) is 1.91. The van der Waals surface area contributed by atoms with Crippen molar-refractivity contribution < 1.29 is 24.6 Å². The van der Waals surface area contributed by atoms with Crippen LogP contribution in [-0.2, 0) is 9.59 Å². The Kier molecular flexibility index (Phi) is 5.95. The molecule has 1 aromatic rings. The zero-order chi connectivity index (χ0) is 16.2. The average molecular weight is 335 g/mol. The first-order valence-corrected chi connectivity index (χ1v) is 6.48. The number of hydrogen-bond acceptors (Lipinski definition) is 4. The summed E-state index contributed by atoms with van der Waals surface area (Å²) in [5, 5.41) is 19.9. The quantitative estimate of drug-likeness (QED) is 0.627. The Hall–Kier alpha value is -1.83. The van der Waals surface area contributed by atoms with E-state index in [0.29, 0.717) is 0 Å². The minimum atomic E-state index is -1.29. The average Bonchev–Trinajstić information content (AvgIpc) is 2.39. The lowest BCUT2D eigenvalue weighted by molar-refractivity contribution is -0.138. The van der Waals surface area contributed by atoms with Crippen molar-refractivity contribution in [1.29, 1.82) is 0 Å². The zero-order valence-corrected chi connectivity index (χ0v) is 12.1. The van der Waals surface area contributed by atoms with Crippen LogP contribution in [0.4, 0.5) is 5.69 Å². The molecule has 0 saturated heterocycles. The molecule has 0 saturated carbocycles. The third-order valence-electron chi connectivity index (χ3n) is 2.54. The van der Waals surface area contributed by atoms with E-state index >= 15 is 0 Å². The Bertz CT molecular complexity index is 591. The maximum Gasteiger partial charge on any atom is 0.337 e. The van der Waals surface area contributed by atoms with Crippen molar-refractivity contribution in [3.05, 3.63) is 27.7 Å². The summed E-state index contributed by atoms with van der Waals surface area (Å²) in [5.74, 6) is -3.05. The van der Waals surface area contributed by atoms with Gasteiger partial charge in [0, 0.05) is 11.4 Å². The second-order valence-electron chi connectivity index (χ2n) is 4.15. The summed E-state index contributed by atoms with van der Waals surface area (Å²) < 4.78 is 0. The van der Waals surface area contributed by atoms with Gasteiger partial charge in [0.05, 0.1) is 16.3 Å². The molecule has 0 spiro atoms. The van der Waals surface area contributed by atoms with Crippen LogP contribution in [0.3, 0.4) is 0 Å². The fourth-order valence-electron chi connectivity index (χ4n) is 1.46. The Morgan fingerprint density at radius 3 is 2.38 bits per heavy atom. The minimum absolute atomic E-state index is 0.0375. The van der Waals surface area contributed by atoms with Gasteiger partial charge in [-0.1, -0.05) is 23.2 Å². The number of nitrogens with one attached hydrogen (secondary N) is 1. The van der Waals surface area contributed by atoms with E-state index in [-0.39, 0.29) is 34.1 Å². The lowest BCUT2D eigenvalue weighted by Crippen LogP contribution is -2.31. The molecule has 0 aliphatic carbocycles. The van der Waals surface area contributed by atoms with Crippen LogP contribution in [0, 0.1) is 0 Å². The van der Waals surface area contributed by atoms with Crippen LogP contribution in [0.2, 0.25) is 10.0 Å². The van der Waals surface area contributed by atoms with Crippen LogP contribution in [0.25, 0.3) is 0 Å². The predicted molar refractivity (Wildman–Crippen MR) is 76.9 cm³/mol. The van der Waals surface area contributed by atoms with Gasteiger partial charge in [-0.2, -0.15) is 0 Å². The Labute approximate surface area is 129 Å². The largest absolute Gasteiger partial charge is 0.480 e. The van der Waals surface area contributed by atoms with Gasteiger partial charge in [-0.25, -0.2) is 4.79 Å². The van der Waals surface area contributed by atoms with Crippen LogP contribution in [0.1, 0.15) is 23.2 Å². The highest BCUT2D eigenvalue weighted by molar-refractivity contribution is 6.38. The maximum atomic E-state index is 11.7. The number of carboxylic acids is 2. The van der Waals surface area contributed by atoms with E-state index in [1.54, 1.807) is 0 Å². The normalized spacial score (nSPS) is 11.8. The molecule has 0 radical (unpaired) electrons. The number of hydrogen-bond donors (Lipinski definition) is 4. The van der Waals surface area contributed by atoms with Crippen molar-refractivity contribution in [3.63, 3.8) is 0 Å². The number of amides is 1. The lowest BCUT2D eigenvalue weighted by atomic mass is 10.1. The van der Waals surface area contributed by atoms with Gasteiger partial charge >= 0.3 is 11.9 Å². The van der Waals surface area contributed by atoms with Gasteiger partial charge in [-0.15, -0.1) is 0 Å². The van der Waals surface area contributed by atoms with Crippen molar-refractivity contribution in [2.45, 2.75) is 18.9 Å². The zero-order valence-electron chi connectivity index (χ0n) is 10.6. The molecule has 0 bridgehead atoms. The van der Waals surface area contributed by atoms with Gasteiger partial charge in [-0.05, 0) is 18.6 Å². The number of carbonyl (C=O) groups is 3. The highest BCUT2D eigenvalue weighted by Gasteiger charge is 2.17. The van der Waals surface area contributed by atoms with Gasteiger partial charge in [-0.3, -0.25) is 9.59 Å². The number of benzene rings is 1. The number of aromatic carboxylic acids is 1. The number of aliphatic carboxylic acids is 1. The van der Waals surface area contributed by atoms with Gasteiger partial charge in [0.2, 0.25) is 5.91 Å². The first-order valence-electron chi connectivity index (χ1n) is 5.73. The molecule has 9 heteroatoms. The van der Waals surface area contributed by atoms with E-state index in [4.69, 9.17) is 39.1 Å². The van der Waals surface area contributed by atoms with E-state index < -0.39 is 23.9 Å². The molecule has 0 aromatic heterocycles. The van der Waals surface area contributed by atoms with Crippen LogP contribution in [-0.4, -0.2) is 34.1 Å². The molecule has 1 amide bonds. The molecule has 21 heavy (non-hydrogen) atoms. The van der Waals surface area contributed by atoms with Crippen LogP contribution >= 0.6 is 23.2 Å². The molecular formula is C12H12Cl2N2O5. The first-order chi connectivity index (χ1) is 9.72. The molecular weight excluding hydrogens is 323 g/mol. The third-order valence-corrected chi connectivity index (χ3v) is 3.17. The summed E-state index contributed by atoms with van der Waals surface area (Å²) in [7, 11) is 0. The summed E-state index contributed by atoms with van der Waals surface area (Å²) in [6.07, 6.45) is -0.218. The molecule has 0 aliphatic heterocycles. The smallest absolute Gasteiger partial charge is 0.337 e. The van der Waals surface area contributed by atoms with E-state index in [2.05, 4.69) is 5.32 Å². The summed E-state index contributed by atoms with van der Waals surface area (Å²) in [6, 6.07) is 1.30. The predicted octanol–water partition coefficient (Wildman–Crippen LogP) is 1.82. The van der Waals surface area contributed by atoms with Crippen LogP contribution < -0.4 is 11.1 Å². The van der Waals surface area contributed by atoms with Crippen LogP contribution in [0.5, 0.6) is 0 Å². The van der Waals surface area contributed by atoms with E-state index in [1.807, 2.05) is 0 Å². The molecule has 0 aliphatic rings. The first kappa shape index (κ1) is 17.2. The number of carboxylic acid groups (broad SMARTS) is 2. The maximum absolute atomic E-state index is 11.7. The van der Waals surface area contributed by atoms with E-state index in [9.17, 15) is 14.4 Å². The van der Waals surface area contributed by atoms with Gasteiger partial charge in [0.15, 0.2) is 0 Å². The highest BCUT2D eigenvalue weighted by Crippen LogP contribution is 2.30. The number of rotatable bonds is 6. The SMILES string of the molecule is N[C@@H](CCC(=O)Nc1cc(Cl)cc(C(=O)O)c1Cl)C(=O)O. The Morgan fingerprint density at radius 2 is 1.86 bits per heavy atom. The molecule has 0 heterocycles. The molecule has 1 atom stereocenters. The lowest BCUT2D eigenvalue weighted by Gasteiger charge is -2.11. The van der Waals surface area contributed by atoms with Gasteiger partial charge in [0.25, 0.3) is 0 Å². The van der Waals surface area contributed by atoms with Crippen molar-refractivity contribution in [1.82, 2.24) is 0 Å². The number of anilines is 1. The standard InChI is InChI=1S/C12H12Cl2N2O5/c13-5-3-6(11(18)19)10(14)8(4-5)16-9(17)2-1-7(15)12(20)21/h3-4,7H,1-2,15H2,(H,16,17)(H,18,19)(H,20,21)/t7-/m0/s1.